The fourth-order valence-electron chi connectivity index (χ4n) is 2.20. The zero-order valence-electron chi connectivity index (χ0n) is 8.81. The van der Waals surface area contributed by atoms with E-state index in [4.69, 9.17) is 4.74 Å². The average Bonchev–Trinajstić information content (AvgIpc) is 2.98. The second kappa shape index (κ2) is 3.90. The summed E-state index contributed by atoms with van der Waals surface area (Å²) in [5.41, 5.74) is 1.97. The van der Waals surface area contributed by atoms with Crippen LogP contribution in [-0.2, 0) is 4.74 Å². The number of aromatic nitrogens is 1. The van der Waals surface area contributed by atoms with Gasteiger partial charge in [-0.1, -0.05) is 12.1 Å². The summed E-state index contributed by atoms with van der Waals surface area (Å²) in [5.74, 6) is 0. The molecule has 1 saturated heterocycles. The van der Waals surface area contributed by atoms with Crippen LogP contribution in [0.25, 0.3) is 10.9 Å². The molecule has 1 aromatic heterocycles. The fraction of sp³-hybridized carbons (Fsp3) is 0.333. The summed E-state index contributed by atoms with van der Waals surface area (Å²) in [6.45, 7) is 1.22. The van der Waals surface area contributed by atoms with E-state index in [-0.39, 0.29) is 6.10 Å². The van der Waals surface area contributed by atoms with E-state index < -0.39 is 6.10 Å². The van der Waals surface area contributed by atoms with E-state index in [9.17, 15) is 5.11 Å². The second-order valence-electron chi connectivity index (χ2n) is 4.03. The fourth-order valence-corrected chi connectivity index (χ4v) is 2.20. The largest absolute Gasteiger partial charge is 0.386 e. The lowest BCUT2D eigenvalue weighted by Gasteiger charge is -2.17. The number of aromatic amines is 1. The molecule has 0 bridgehead atoms. The Morgan fingerprint density at radius 1 is 1.38 bits per heavy atom. The minimum Gasteiger partial charge on any atom is -0.386 e. The van der Waals surface area contributed by atoms with E-state index >= 15 is 0 Å². The van der Waals surface area contributed by atoms with Gasteiger partial charge >= 0.3 is 0 Å². The Morgan fingerprint density at radius 3 is 3.12 bits per heavy atom. The van der Waals surface area contributed by atoms with Crippen molar-refractivity contribution in [3.05, 3.63) is 36.0 Å². The molecule has 0 radical (unpaired) electrons. The first-order valence-electron chi connectivity index (χ1n) is 5.42. The van der Waals surface area contributed by atoms with Crippen LogP contribution in [0.15, 0.2) is 30.5 Å². The molecule has 1 fully saturated rings. The Bertz CT molecular complexity index is 488. The van der Waals surface area contributed by atoms with E-state index in [0.29, 0.717) is 13.3 Å². The van der Waals surface area contributed by atoms with Gasteiger partial charge in [0, 0.05) is 23.6 Å². The molecule has 84 valence electrons. The maximum Gasteiger partial charge on any atom is 0.107 e. The monoisotopic (exact) mass is 218 g/mol. The minimum atomic E-state index is -0.575. The second-order valence-corrected chi connectivity index (χ2v) is 4.03. The first-order chi connectivity index (χ1) is 7.86. The molecule has 2 atom stereocenters. The van der Waals surface area contributed by atoms with Gasteiger partial charge in [-0.3, -0.25) is 5.32 Å². The number of aliphatic hydroxyl groups is 1. The molecule has 0 spiro atoms. The van der Waals surface area contributed by atoms with Crippen LogP contribution in [0.3, 0.4) is 0 Å². The Kier molecular flexibility index (Phi) is 2.40. The van der Waals surface area contributed by atoms with Crippen molar-refractivity contribution in [2.45, 2.75) is 12.2 Å². The van der Waals surface area contributed by atoms with Crippen molar-refractivity contribution in [3.8, 4) is 0 Å². The third-order valence-electron chi connectivity index (χ3n) is 3.04. The Labute approximate surface area is 93.2 Å². The van der Waals surface area contributed by atoms with Gasteiger partial charge in [0.1, 0.15) is 12.2 Å². The number of rotatable bonds is 2. The molecule has 0 amide bonds. The third-order valence-corrected chi connectivity index (χ3v) is 3.04. The number of benzene rings is 1. The number of ether oxygens (including phenoxy) is 1. The van der Waals surface area contributed by atoms with Crippen molar-refractivity contribution in [2.75, 3.05) is 13.3 Å². The molecule has 1 aliphatic rings. The van der Waals surface area contributed by atoms with Crippen molar-refractivity contribution < 1.29 is 9.84 Å². The zero-order valence-corrected chi connectivity index (χ0v) is 8.81. The van der Waals surface area contributed by atoms with Crippen molar-refractivity contribution in [2.24, 2.45) is 0 Å². The predicted octanol–water partition coefficient (Wildman–Crippen LogP) is 1.15. The van der Waals surface area contributed by atoms with E-state index in [1.165, 1.54) is 0 Å². The number of nitrogens with one attached hydrogen (secondary N) is 2. The first kappa shape index (κ1) is 9.84. The lowest BCUT2D eigenvalue weighted by molar-refractivity contribution is 0.00289. The smallest absolute Gasteiger partial charge is 0.107 e. The summed E-state index contributed by atoms with van der Waals surface area (Å²) in [6.07, 6.45) is 1.16. The summed E-state index contributed by atoms with van der Waals surface area (Å²) in [7, 11) is 0. The Balaban J connectivity index is 2.00. The van der Waals surface area contributed by atoms with Crippen LogP contribution in [0.1, 0.15) is 11.7 Å². The van der Waals surface area contributed by atoms with Crippen molar-refractivity contribution >= 4 is 10.9 Å². The summed E-state index contributed by atoms with van der Waals surface area (Å²) in [4.78, 5) is 3.14. The van der Waals surface area contributed by atoms with Crippen LogP contribution in [0.5, 0.6) is 0 Å². The Hall–Kier alpha value is -1.36. The van der Waals surface area contributed by atoms with Gasteiger partial charge < -0.3 is 14.8 Å². The average molecular weight is 218 g/mol. The summed E-state index contributed by atoms with van der Waals surface area (Å²) in [5, 5.41) is 14.4. The highest BCUT2D eigenvalue weighted by Gasteiger charge is 2.26. The van der Waals surface area contributed by atoms with Crippen LogP contribution < -0.4 is 5.32 Å². The summed E-state index contributed by atoms with van der Waals surface area (Å²) >= 11 is 0. The van der Waals surface area contributed by atoms with Crippen molar-refractivity contribution in [1.82, 2.24) is 10.3 Å². The normalized spacial score (nSPS) is 22.7. The van der Waals surface area contributed by atoms with Crippen LogP contribution in [0.4, 0.5) is 0 Å². The van der Waals surface area contributed by atoms with Gasteiger partial charge in [0.2, 0.25) is 0 Å². The quantitative estimate of drug-likeness (QED) is 0.708. The number of hydrogen-bond acceptors (Lipinski definition) is 3. The highest BCUT2D eigenvalue weighted by molar-refractivity contribution is 5.83. The van der Waals surface area contributed by atoms with Crippen LogP contribution >= 0.6 is 0 Å². The maximum absolute atomic E-state index is 10.3. The molecule has 2 unspecified atom stereocenters. The summed E-state index contributed by atoms with van der Waals surface area (Å²) < 4.78 is 5.42. The van der Waals surface area contributed by atoms with Crippen molar-refractivity contribution in [3.63, 3.8) is 0 Å². The van der Waals surface area contributed by atoms with Gasteiger partial charge in [-0.2, -0.15) is 0 Å². The lowest BCUT2D eigenvalue weighted by Crippen LogP contribution is -2.22. The van der Waals surface area contributed by atoms with E-state index in [2.05, 4.69) is 10.3 Å². The molecular weight excluding hydrogens is 204 g/mol. The highest BCUT2D eigenvalue weighted by Crippen LogP contribution is 2.27. The van der Waals surface area contributed by atoms with Crippen LogP contribution in [0, 0.1) is 0 Å². The molecule has 1 aliphatic heterocycles. The molecule has 1 aromatic carbocycles. The molecule has 4 heteroatoms. The van der Waals surface area contributed by atoms with Crippen molar-refractivity contribution in [1.29, 1.82) is 0 Å². The van der Waals surface area contributed by atoms with E-state index in [1.807, 2.05) is 30.5 Å². The summed E-state index contributed by atoms with van der Waals surface area (Å²) in [6, 6.07) is 7.87. The van der Waals surface area contributed by atoms with Crippen LogP contribution in [0.2, 0.25) is 0 Å². The number of hydrogen-bond donors (Lipinski definition) is 3. The topological polar surface area (TPSA) is 57.3 Å². The van der Waals surface area contributed by atoms with E-state index in [1.54, 1.807) is 0 Å². The molecule has 2 heterocycles. The molecule has 4 nitrogen and oxygen atoms in total. The lowest BCUT2D eigenvalue weighted by atomic mass is 10.0. The third kappa shape index (κ3) is 1.51. The molecular formula is C12H14N2O2. The van der Waals surface area contributed by atoms with Gasteiger partial charge in [0.15, 0.2) is 0 Å². The van der Waals surface area contributed by atoms with Crippen LogP contribution in [-0.4, -0.2) is 29.5 Å². The van der Waals surface area contributed by atoms with Gasteiger partial charge in [0.25, 0.3) is 0 Å². The standard InChI is InChI=1S/C12H14N2O2/c15-12(11-6-13-7-16-11)9-2-1-3-10-8(9)4-5-14-10/h1-5,11-15H,6-7H2. The molecule has 2 aromatic rings. The van der Waals surface area contributed by atoms with Gasteiger partial charge in [0.05, 0.1) is 6.73 Å². The number of fused-ring (bicyclic) bond motifs is 1. The molecule has 3 N–H and O–H groups in total. The highest BCUT2D eigenvalue weighted by atomic mass is 16.5. The minimum absolute atomic E-state index is 0.152. The Morgan fingerprint density at radius 2 is 2.31 bits per heavy atom. The first-order valence-corrected chi connectivity index (χ1v) is 5.42. The maximum atomic E-state index is 10.3. The molecule has 3 rings (SSSR count). The van der Waals surface area contributed by atoms with Gasteiger partial charge in [-0.25, -0.2) is 0 Å². The van der Waals surface area contributed by atoms with E-state index in [0.717, 1.165) is 16.5 Å². The SMILES string of the molecule is OC(c1cccc2[nH]ccc12)C1CNCO1. The molecule has 0 aliphatic carbocycles. The molecule has 0 saturated carbocycles. The van der Waals surface area contributed by atoms with Gasteiger partial charge in [-0.05, 0) is 17.7 Å². The van der Waals surface area contributed by atoms with Gasteiger partial charge in [-0.15, -0.1) is 0 Å². The number of aliphatic hydroxyl groups excluding tert-OH is 1. The zero-order chi connectivity index (χ0) is 11.0. The molecule has 16 heavy (non-hydrogen) atoms. The number of H-pyrrole nitrogens is 1. The predicted molar refractivity (Wildman–Crippen MR) is 61.0 cm³/mol.